The normalized spacial score (nSPS) is 22.8. The molecule has 0 amide bonds. The van der Waals surface area contributed by atoms with Crippen LogP contribution in [-0.2, 0) is 22.7 Å². The summed E-state index contributed by atoms with van der Waals surface area (Å²) in [7, 11) is -4.06. The van der Waals surface area contributed by atoms with Crippen molar-refractivity contribution < 1.29 is 21.6 Å². The van der Waals surface area contributed by atoms with Gasteiger partial charge in [-0.3, -0.25) is 9.80 Å². The van der Waals surface area contributed by atoms with Crippen LogP contribution >= 0.6 is 23.2 Å². The van der Waals surface area contributed by atoms with Gasteiger partial charge in [0.15, 0.2) is 0 Å². The highest BCUT2D eigenvalue weighted by molar-refractivity contribution is 7.89. The zero-order chi connectivity index (χ0) is 23.1. The van der Waals surface area contributed by atoms with Crippen molar-refractivity contribution in [2.75, 3.05) is 26.2 Å². The van der Waals surface area contributed by atoms with Crippen LogP contribution in [0.5, 0.6) is 0 Å². The van der Waals surface area contributed by atoms with Crippen molar-refractivity contribution in [2.45, 2.75) is 36.1 Å². The third-order valence-corrected chi connectivity index (χ3v) is 7.78. The number of sulfonamides is 1. The van der Waals surface area contributed by atoms with Crippen LogP contribution in [0.1, 0.15) is 17.5 Å². The molecule has 0 radical (unpaired) electrons. The fourth-order valence-electron chi connectivity index (χ4n) is 4.42. The van der Waals surface area contributed by atoms with E-state index in [9.17, 15) is 21.6 Å². The maximum atomic E-state index is 13.0. The average molecular weight is 508 g/mol. The second-order valence-electron chi connectivity index (χ2n) is 8.24. The number of piperazine rings is 1. The van der Waals surface area contributed by atoms with Gasteiger partial charge >= 0.3 is 6.18 Å². The number of fused-ring (bicyclic) bond motifs is 1. The number of halogens is 5. The number of rotatable bonds is 5. The molecule has 2 aromatic rings. The molecule has 2 unspecified atom stereocenters. The summed E-state index contributed by atoms with van der Waals surface area (Å²) in [5, 5.41) is 1.16. The van der Waals surface area contributed by atoms with Crippen LogP contribution < -0.4 is 4.72 Å². The number of hydrogen-bond donors (Lipinski definition) is 1. The predicted molar refractivity (Wildman–Crippen MR) is 117 cm³/mol. The second kappa shape index (κ2) is 9.12. The summed E-state index contributed by atoms with van der Waals surface area (Å²) in [6.45, 7) is 3.56. The van der Waals surface area contributed by atoms with Crippen molar-refractivity contribution in [2.24, 2.45) is 0 Å². The minimum absolute atomic E-state index is 0.160. The highest BCUT2D eigenvalue weighted by Crippen LogP contribution is 2.31. The highest BCUT2D eigenvalue weighted by atomic mass is 35.5. The Morgan fingerprint density at radius 3 is 2.44 bits per heavy atom. The van der Waals surface area contributed by atoms with E-state index in [1.807, 2.05) is 12.1 Å². The molecule has 174 valence electrons. The van der Waals surface area contributed by atoms with E-state index < -0.39 is 21.8 Å². The molecule has 2 aromatic carbocycles. The molecule has 2 saturated heterocycles. The molecule has 2 heterocycles. The Balaban J connectivity index is 1.39. The van der Waals surface area contributed by atoms with Gasteiger partial charge in [0, 0.05) is 54.9 Å². The summed E-state index contributed by atoms with van der Waals surface area (Å²) in [6, 6.07) is 9.04. The first kappa shape index (κ1) is 23.8. The van der Waals surface area contributed by atoms with Gasteiger partial charge in [0.1, 0.15) is 0 Å². The molecular weight excluding hydrogens is 486 g/mol. The fourth-order valence-corrected chi connectivity index (χ4v) is 6.28. The van der Waals surface area contributed by atoms with Crippen LogP contribution in [0.25, 0.3) is 0 Å². The van der Waals surface area contributed by atoms with Gasteiger partial charge in [-0.2, -0.15) is 13.2 Å². The zero-order valence-corrected chi connectivity index (χ0v) is 19.3. The zero-order valence-electron chi connectivity index (χ0n) is 16.9. The van der Waals surface area contributed by atoms with E-state index in [1.165, 1.54) is 6.07 Å². The van der Waals surface area contributed by atoms with Gasteiger partial charge in [-0.1, -0.05) is 29.3 Å². The average Bonchev–Trinajstić information content (AvgIpc) is 3.07. The van der Waals surface area contributed by atoms with Gasteiger partial charge in [0.2, 0.25) is 10.0 Å². The minimum Gasteiger partial charge on any atom is -0.296 e. The molecule has 32 heavy (non-hydrogen) atoms. The van der Waals surface area contributed by atoms with Gasteiger partial charge in [0.05, 0.1) is 10.5 Å². The number of benzene rings is 2. The maximum Gasteiger partial charge on any atom is 0.416 e. The van der Waals surface area contributed by atoms with Gasteiger partial charge in [0.25, 0.3) is 0 Å². The van der Waals surface area contributed by atoms with Gasteiger partial charge < -0.3 is 0 Å². The molecule has 11 heteroatoms. The van der Waals surface area contributed by atoms with E-state index in [1.54, 1.807) is 6.07 Å². The third kappa shape index (κ3) is 5.58. The lowest BCUT2D eigenvalue weighted by Crippen LogP contribution is -2.49. The maximum absolute atomic E-state index is 13.0. The smallest absolute Gasteiger partial charge is 0.296 e. The molecule has 0 saturated carbocycles. The Morgan fingerprint density at radius 2 is 1.75 bits per heavy atom. The summed E-state index contributed by atoms with van der Waals surface area (Å²) in [4.78, 5) is 4.12. The first-order chi connectivity index (χ1) is 15.0. The van der Waals surface area contributed by atoms with Crippen LogP contribution in [-0.4, -0.2) is 56.5 Å². The molecule has 1 N–H and O–H groups in total. The van der Waals surface area contributed by atoms with E-state index in [2.05, 4.69) is 14.5 Å². The van der Waals surface area contributed by atoms with Gasteiger partial charge in [-0.15, -0.1) is 0 Å². The Bertz CT molecular complexity index is 1080. The van der Waals surface area contributed by atoms with Gasteiger partial charge in [-0.25, -0.2) is 13.1 Å². The standard InChI is InChI=1S/C21H22Cl2F3N3O2S/c22-16-6-14(7-17(23)9-16)11-28-4-5-29-12-18(10-19(29)13-28)27-32(30,31)20-3-1-2-15(8-20)21(24,25)26/h1-3,6-9,18-19,27H,4-5,10-13H2. The van der Waals surface area contributed by atoms with Crippen LogP contribution in [0.3, 0.4) is 0 Å². The van der Waals surface area contributed by atoms with Crippen molar-refractivity contribution in [3.05, 3.63) is 63.6 Å². The highest BCUT2D eigenvalue weighted by Gasteiger charge is 2.38. The predicted octanol–water partition coefficient (Wildman–Crippen LogP) is 4.25. The Morgan fingerprint density at radius 1 is 1.03 bits per heavy atom. The largest absolute Gasteiger partial charge is 0.416 e. The third-order valence-electron chi connectivity index (χ3n) is 5.82. The van der Waals surface area contributed by atoms with Crippen molar-refractivity contribution in [1.29, 1.82) is 0 Å². The second-order valence-corrected chi connectivity index (χ2v) is 10.8. The van der Waals surface area contributed by atoms with Gasteiger partial charge in [-0.05, 0) is 48.4 Å². The molecule has 0 aliphatic carbocycles. The van der Waals surface area contributed by atoms with Crippen molar-refractivity contribution in [3.63, 3.8) is 0 Å². The lowest BCUT2D eigenvalue weighted by atomic mass is 10.1. The van der Waals surface area contributed by atoms with E-state index >= 15 is 0 Å². The molecule has 0 bridgehead atoms. The van der Waals surface area contributed by atoms with E-state index in [0.717, 1.165) is 37.3 Å². The Hall–Kier alpha value is -1.36. The topological polar surface area (TPSA) is 52.7 Å². The van der Waals surface area contributed by atoms with Crippen LogP contribution in [0.2, 0.25) is 10.0 Å². The van der Waals surface area contributed by atoms with Crippen molar-refractivity contribution in [1.82, 2.24) is 14.5 Å². The van der Waals surface area contributed by atoms with E-state index in [-0.39, 0.29) is 17.0 Å². The molecule has 2 fully saturated rings. The van der Waals surface area contributed by atoms with Crippen LogP contribution in [0.4, 0.5) is 13.2 Å². The molecule has 2 aliphatic rings. The first-order valence-corrected chi connectivity index (χ1v) is 12.3. The fraction of sp³-hybridized carbons (Fsp3) is 0.429. The van der Waals surface area contributed by atoms with Crippen molar-refractivity contribution >= 4 is 33.2 Å². The summed E-state index contributed by atoms with van der Waals surface area (Å²) in [5.74, 6) is 0. The first-order valence-electron chi connectivity index (χ1n) is 10.1. The molecule has 5 nitrogen and oxygen atoms in total. The van der Waals surface area contributed by atoms with Crippen LogP contribution in [0, 0.1) is 0 Å². The molecule has 0 spiro atoms. The summed E-state index contributed by atoms with van der Waals surface area (Å²) in [6.07, 6.45) is -4.01. The number of hydrogen-bond acceptors (Lipinski definition) is 4. The number of nitrogens with one attached hydrogen (secondary N) is 1. The van der Waals surface area contributed by atoms with Crippen molar-refractivity contribution in [3.8, 4) is 0 Å². The lowest BCUT2D eigenvalue weighted by molar-refractivity contribution is -0.137. The summed E-state index contributed by atoms with van der Waals surface area (Å²) < 4.78 is 66.9. The monoisotopic (exact) mass is 507 g/mol. The molecule has 4 rings (SSSR count). The number of alkyl halides is 3. The summed E-state index contributed by atoms with van der Waals surface area (Å²) in [5.41, 5.74) is 0.0247. The lowest BCUT2D eigenvalue weighted by Gasteiger charge is -2.37. The quantitative estimate of drug-likeness (QED) is 0.657. The minimum atomic E-state index is -4.60. The number of nitrogens with zero attached hydrogens (tertiary/aromatic N) is 2. The molecule has 0 aromatic heterocycles. The molecule has 2 atom stereocenters. The summed E-state index contributed by atoms with van der Waals surface area (Å²) >= 11 is 12.2. The van der Waals surface area contributed by atoms with E-state index in [4.69, 9.17) is 23.2 Å². The Labute approximate surface area is 195 Å². The van der Waals surface area contributed by atoms with E-state index in [0.29, 0.717) is 35.6 Å². The Kier molecular flexibility index (Phi) is 6.78. The SMILES string of the molecule is O=S(=O)(NC1CC2CN(Cc3cc(Cl)cc(Cl)c3)CCN2C1)c1cccc(C(F)(F)F)c1. The molecule has 2 aliphatic heterocycles. The van der Waals surface area contributed by atoms with Crippen LogP contribution in [0.15, 0.2) is 47.4 Å². The molecular formula is C21H22Cl2F3N3O2S.